The minimum absolute atomic E-state index is 0.0246. The molecule has 0 aromatic carbocycles. The molecule has 0 bridgehead atoms. The Bertz CT molecular complexity index is 345. The second-order valence-electron chi connectivity index (χ2n) is 4.94. The van der Waals surface area contributed by atoms with Crippen LogP contribution in [0.2, 0.25) is 0 Å². The number of nitriles is 1. The molecule has 1 amide bonds. The first-order valence-electron chi connectivity index (χ1n) is 6.61. The Kier molecular flexibility index (Phi) is 4.20. The maximum atomic E-state index is 12.7. The van der Waals surface area contributed by atoms with E-state index in [9.17, 15) is 10.1 Å². The van der Waals surface area contributed by atoms with Gasteiger partial charge in [-0.05, 0) is 19.3 Å². The molecule has 0 saturated carbocycles. The molecule has 5 heteroatoms. The Morgan fingerprint density at radius 3 is 2.72 bits per heavy atom. The van der Waals surface area contributed by atoms with Crippen LogP contribution in [0, 0.1) is 16.7 Å². The second-order valence-corrected chi connectivity index (χ2v) is 4.94. The van der Waals surface area contributed by atoms with Crippen LogP contribution in [0.3, 0.4) is 0 Å². The van der Waals surface area contributed by atoms with Gasteiger partial charge < -0.3 is 14.4 Å². The van der Waals surface area contributed by atoms with Crippen molar-refractivity contribution in [3.05, 3.63) is 0 Å². The van der Waals surface area contributed by atoms with E-state index in [0.29, 0.717) is 45.8 Å². The van der Waals surface area contributed by atoms with E-state index in [-0.39, 0.29) is 11.9 Å². The number of hydrogen-bond donors (Lipinski definition) is 0. The molecule has 0 spiro atoms. The lowest BCUT2D eigenvalue weighted by Gasteiger charge is -2.40. The first kappa shape index (κ1) is 13.3. The van der Waals surface area contributed by atoms with Crippen LogP contribution in [0.4, 0.5) is 0 Å². The van der Waals surface area contributed by atoms with Gasteiger partial charge in [-0.1, -0.05) is 6.92 Å². The van der Waals surface area contributed by atoms with E-state index in [1.54, 1.807) is 0 Å². The molecule has 100 valence electrons. The molecule has 2 heterocycles. The summed E-state index contributed by atoms with van der Waals surface area (Å²) in [6.45, 7) is 4.80. The molecule has 2 fully saturated rings. The summed E-state index contributed by atoms with van der Waals surface area (Å²) >= 11 is 0. The number of amides is 1. The summed E-state index contributed by atoms with van der Waals surface area (Å²) in [4.78, 5) is 14.5. The fourth-order valence-corrected chi connectivity index (χ4v) is 2.63. The van der Waals surface area contributed by atoms with Gasteiger partial charge in [-0.3, -0.25) is 4.79 Å². The molecular weight excluding hydrogens is 232 g/mol. The third kappa shape index (κ3) is 2.36. The maximum Gasteiger partial charge on any atom is 0.243 e. The average molecular weight is 252 g/mol. The van der Waals surface area contributed by atoms with Gasteiger partial charge in [-0.25, -0.2) is 0 Å². The molecule has 0 radical (unpaired) electrons. The number of nitrogens with zero attached hydrogens (tertiary/aromatic N) is 2. The first-order chi connectivity index (χ1) is 8.73. The van der Waals surface area contributed by atoms with Gasteiger partial charge in [-0.2, -0.15) is 5.26 Å². The zero-order chi connectivity index (χ0) is 13.0. The summed E-state index contributed by atoms with van der Waals surface area (Å²) in [6, 6.07) is 2.36. The van der Waals surface area contributed by atoms with Crippen LogP contribution < -0.4 is 0 Å². The number of carbonyl (C=O) groups is 1. The number of carbonyl (C=O) groups excluding carboxylic acids is 1. The summed E-state index contributed by atoms with van der Waals surface area (Å²) in [6.07, 6.45) is 1.88. The van der Waals surface area contributed by atoms with Gasteiger partial charge in [0.15, 0.2) is 0 Å². The normalized spacial score (nSPS) is 27.6. The van der Waals surface area contributed by atoms with Crippen molar-refractivity contribution >= 4 is 5.91 Å². The largest absolute Gasteiger partial charge is 0.381 e. The topological polar surface area (TPSA) is 62.6 Å². The van der Waals surface area contributed by atoms with Crippen molar-refractivity contribution < 1.29 is 14.3 Å². The van der Waals surface area contributed by atoms with Crippen molar-refractivity contribution in [2.75, 3.05) is 33.0 Å². The summed E-state index contributed by atoms with van der Waals surface area (Å²) in [7, 11) is 0. The fraction of sp³-hybridized carbons (Fsp3) is 0.846. The Balaban J connectivity index is 2.15. The number of rotatable bonds is 2. The van der Waals surface area contributed by atoms with Crippen LogP contribution in [0.1, 0.15) is 26.2 Å². The quantitative estimate of drug-likeness (QED) is 0.734. The highest BCUT2D eigenvalue weighted by atomic mass is 16.5. The van der Waals surface area contributed by atoms with Gasteiger partial charge >= 0.3 is 0 Å². The van der Waals surface area contributed by atoms with E-state index in [4.69, 9.17) is 9.47 Å². The van der Waals surface area contributed by atoms with Gasteiger partial charge in [0, 0.05) is 19.8 Å². The van der Waals surface area contributed by atoms with Gasteiger partial charge in [0.1, 0.15) is 5.41 Å². The molecule has 0 aromatic heterocycles. The number of morpholine rings is 1. The number of hydrogen-bond acceptors (Lipinski definition) is 4. The van der Waals surface area contributed by atoms with Crippen molar-refractivity contribution in [3.8, 4) is 6.07 Å². The Hall–Kier alpha value is -1.12. The second kappa shape index (κ2) is 5.68. The van der Waals surface area contributed by atoms with Gasteiger partial charge in [-0.15, -0.1) is 0 Å². The third-order valence-electron chi connectivity index (χ3n) is 3.93. The lowest BCUT2D eigenvalue weighted by Crippen LogP contribution is -2.54. The molecule has 2 saturated heterocycles. The van der Waals surface area contributed by atoms with Crippen molar-refractivity contribution in [2.24, 2.45) is 5.41 Å². The molecule has 2 aliphatic rings. The minimum Gasteiger partial charge on any atom is -0.381 e. The minimum atomic E-state index is -0.872. The van der Waals surface area contributed by atoms with Gasteiger partial charge in [0.05, 0.1) is 25.3 Å². The highest BCUT2D eigenvalue weighted by molar-refractivity contribution is 5.86. The fourth-order valence-electron chi connectivity index (χ4n) is 2.63. The van der Waals surface area contributed by atoms with E-state index >= 15 is 0 Å². The highest BCUT2D eigenvalue weighted by Gasteiger charge is 2.45. The Labute approximate surface area is 108 Å². The van der Waals surface area contributed by atoms with Crippen molar-refractivity contribution in [1.29, 1.82) is 5.26 Å². The van der Waals surface area contributed by atoms with E-state index in [0.717, 1.165) is 6.42 Å². The predicted molar refractivity (Wildman–Crippen MR) is 64.7 cm³/mol. The van der Waals surface area contributed by atoms with E-state index in [1.807, 2.05) is 11.8 Å². The molecule has 5 nitrogen and oxygen atoms in total. The van der Waals surface area contributed by atoms with Crippen LogP contribution in [0.15, 0.2) is 0 Å². The van der Waals surface area contributed by atoms with E-state index < -0.39 is 5.41 Å². The maximum absolute atomic E-state index is 12.7. The van der Waals surface area contributed by atoms with Crippen LogP contribution in [0.25, 0.3) is 0 Å². The molecule has 0 N–H and O–H groups in total. The SMILES string of the molecule is CCC1COCCN1C(=O)C1(C#N)CCOCC1. The van der Waals surface area contributed by atoms with E-state index in [2.05, 4.69) is 6.07 Å². The average Bonchev–Trinajstić information content (AvgIpc) is 2.47. The Morgan fingerprint density at radius 1 is 1.39 bits per heavy atom. The summed E-state index contributed by atoms with van der Waals surface area (Å²) in [5.41, 5.74) is -0.872. The predicted octanol–water partition coefficient (Wildman–Crippen LogP) is 0.944. The highest BCUT2D eigenvalue weighted by Crippen LogP contribution is 2.33. The Morgan fingerprint density at radius 2 is 2.11 bits per heavy atom. The molecule has 0 aliphatic carbocycles. The summed E-state index contributed by atoms with van der Waals surface area (Å²) < 4.78 is 10.7. The first-order valence-corrected chi connectivity index (χ1v) is 6.61. The lowest BCUT2D eigenvalue weighted by molar-refractivity contribution is -0.152. The molecule has 0 aromatic rings. The third-order valence-corrected chi connectivity index (χ3v) is 3.93. The summed E-state index contributed by atoms with van der Waals surface area (Å²) in [5.74, 6) is -0.0246. The van der Waals surface area contributed by atoms with Gasteiger partial charge in [0.25, 0.3) is 0 Å². The van der Waals surface area contributed by atoms with Crippen LogP contribution in [-0.2, 0) is 14.3 Å². The molecule has 2 rings (SSSR count). The van der Waals surface area contributed by atoms with Crippen molar-refractivity contribution in [3.63, 3.8) is 0 Å². The standard InChI is InChI=1S/C13H20N2O3/c1-2-11-9-18-8-5-15(11)12(16)13(10-14)3-6-17-7-4-13/h11H,2-9H2,1H3. The molecule has 2 aliphatic heterocycles. The molecule has 1 atom stereocenters. The van der Waals surface area contributed by atoms with Crippen molar-refractivity contribution in [2.45, 2.75) is 32.2 Å². The number of ether oxygens (including phenoxy) is 2. The van der Waals surface area contributed by atoms with Crippen LogP contribution in [-0.4, -0.2) is 49.8 Å². The zero-order valence-corrected chi connectivity index (χ0v) is 10.9. The summed E-state index contributed by atoms with van der Waals surface area (Å²) in [5, 5.41) is 9.42. The smallest absolute Gasteiger partial charge is 0.243 e. The molecule has 18 heavy (non-hydrogen) atoms. The lowest BCUT2D eigenvalue weighted by atomic mass is 9.80. The van der Waals surface area contributed by atoms with Crippen LogP contribution in [0.5, 0.6) is 0 Å². The van der Waals surface area contributed by atoms with Crippen molar-refractivity contribution in [1.82, 2.24) is 4.90 Å². The van der Waals surface area contributed by atoms with Gasteiger partial charge in [0.2, 0.25) is 5.91 Å². The monoisotopic (exact) mass is 252 g/mol. The van der Waals surface area contributed by atoms with Crippen LogP contribution >= 0.6 is 0 Å². The zero-order valence-electron chi connectivity index (χ0n) is 10.9. The van der Waals surface area contributed by atoms with E-state index in [1.165, 1.54) is 0 Å². The molecule has 1 unspecified atom stereocenters. The molecular formula is C13H20N2O3.